The molecule has 0 radical (unpaired) electrons. The first-order valence-corrected chi connectivity index (χ1v) is 11.3. The highest BCUT2D eigenvalue weighted by Crippen LogP contribution is 2.14. The molecule has 3 N–H and O–H groups in total. The van der Waals surface area contributed by atoms with Gasteiger partial charge in [0.2, 0.25) is 5.91 Å². The number of amides is 1. The number of ketones is 1. The van der Waals surface area contributed by atoms with Gasteiger partial charge in [0, 0.05) is 6.42 Å². The van der Waals surface area contributed by atoms with Crippen molar-refractivity contribution in [3.8, 4) is 0 Å². The van der Waals surface area contributed by atoms with Crippen LogP contribution in [-0.4, -0.2) is 56.2 Å². The summed E-state index contributed by atoms with van der Waals surface area (Å²) >= 11 is 0. The van der Waals surface area contributed by atoms with Crippen molar-refractivity contribution >= 4 is 30.1 Å². The van der Waals surface area contributed by atoms with E-state index in [0.29, 0.717) is 5.56 Å². The number of alkyl halides is 4. The van der Waals surface area contributed by atoms with Gasteiger partial charge in [0.1, 0.15) is 12.6 Å². The van der Waals surface area contributed by atoms with Gasteiger partial charge in [-0.25, -0.2) is 0 Å². The molecule has 0 aromatic heterocycles. The molecule has 0 aliphatic heterocycles. The number of halogens is 5. The molecule has 0 saturated carbocycles. The van der Waals surface area contributed by atoms with Crippen molar-refractivity contribution in [2.75, 3.05) is 13.2 Å². The van der Waals surface area contributed by atoms with E-state index in [1.165, 1.54) is 0 Å². The summed E-state index contributed by atoms with van der Waals surface area (Å²) in [5.74, 6) is -4.26. The van der Waals surface area contributed by atoms with Crippen LogP contribution in [0.3, 0.4) is 0 Å². The third kappa shape index (κ3) is 12.5. The predicted octanol–water partition coefficient (Wildman–Crippen LogP) is 3.26. The van der Waals surface area contributed by atoms with Crippen molar-refractivity contribution in [3.63, 3.8) is 0 Å². The summed E-state index contributed by atoms with van der Waals surface area (Å²) in [6.07, 6.45) is -0.647. The van der Waals surface area contributed by atoms with E-state index < -0.39 is 68.5 Å². The van der Waals surface area contributed by atoms with Crippen LogP contribution in [0, 0.1) is 5.92 Å². The maximum Gasteiger partial charge on any atom is 0.345 e. The quantitative estimate of drug-likeness (QED) is 0.237. The van der Waals surface area contributed by atoms with Crippen LogP contribution in [0.1, 0.15) is 17.5 Å². The first-order chi connectivity index (χ1) is 17.7. The van der Waals surface area contributed by atoms with Gasteiger partial charge in [0.25, 0.3) is 0 Å². The van der Waals surface area contributed by atoms with Gasteiger partial charge in [-0.3, -0.25) is 14.4 Å². The summed E-state index contributed by atoms with van der Waals surface area (Å²) in [5.41, 5.74) is 7.22. The Morgan fingerprint density at radius 3 is 1.89 bits per heavy atom. The van der Waals surface area contributed by atoms with Crippen molar-refractivity contribution in [3.05, 3.63) is 71.8 Å². The summed E-state index contributed by atoms with van der Waals surface area (Å²) in [6, 6.07) is 14.4. The normalized spacial score (nSPS) is 13.3. The minimum absolute atomic E-state index is 0. The minimum atomic E-state index is -3.25. The molecular weight excluding hydrogens is 536 g/mol. The van der Waals surface area contributed by atoms with E-state index in [2.05, 4.69) is 14.8 Å². The van der Waals surface area contributed by atoms with E-state index in [4.69, 9.17) is 10.5 Å². The van der Waals surface area contributed by atoms with Crippen LogP contribution in [0.15, 0.2) is 60.7 Å². The second kappa shape index (κ2) is 17.4. The molecule has 8 nitrogen and oxygen atoms in total. The maximum atomic E-state index is 12.9. The van der Waals surface area contributed by atoms with Gasteiger partial charge in [-0.15, -0.1) is 12.4 Å². The highest BCUT2D eigenvalue weighted by atomic mass is 35.5. The lowest BCUT2D eigenvalue weighted by molar-refractivity contribution is -0.167. The topological polar surface area (TPSA) is 117 Å². The second-order valence-corrected chi connectivity index (χ2v) is 8.01. The first-order valence-electron chi connectivity index (χ1n) is 11.3. The van der Waals surface area contributed by atoms with E-state index in [0.717, 1.165) is 5.56 Å². The van der Waals surface area contributed by atoms with Crippen LogP contribution in [0.5, 0.6) is 0 Å². The summed E-state index contributed by atoms with van der Waals surface area (Å²) in [7, 11) is 0. The molecule has 0 unspecified atom stereocenters. The van der Waals surface area contributed by atoms with Gasteiger partial charge in [-0.1, -0.05) is 60.7 Å². The molecule has 0 heterocycles. The molecule has 0 spiro atoms. The van der Waals surface area contributed by atoms with Crippen molar-refractivity contribution in [1.82, 2.24) is 5.32 Å². The molecule has 0 bridgehead atoms. The van der Waals surface area contributed by atoms with Gasteiger partial charge in [0.05, 0.1) is 25.2 Å². The average molecular weight is 565 g/mol. The Labute approximate surface area is 223 Å². The molecule has 13 heteroatoms. The molecule has 2 aromatic rings. The van der Waals surface area contributed by atoms with Gasteiger partial charge in [0.15, 0.2) is 5.78 Å². The third-order valence-electron chi connectivity index (χ3n) is 5.16. The minimum Gasteiger partial charge on any atom is -0.461 e. The Kier molecular flexibility index (Phi) is 15.1. The zero-order valence-electron chi connectivity index (χ0n) is 20.1. The molecule has 0 aliphatic rings. The summed E-state index contributed by atoms with van der Waals surface area (Å²) in [4.78, 5) is 38.0. The second-order valence-electron chi connectivity index (χ2n) is 8.01. The van der Waals surface area contributed by atoms with E-state index in [1.54, 1.807) is 60.7 Å². The van der Waals surface area contributed by atoms with Gasteiger partial charge in [-0.05, 0) is 17.5 Å². The molecule has 0 aliphatic carbocycles. The number of benzene rings is 2. The molecule has 0 saturated heterocycles. The number of nitrogens with one attached hydrogen (secondary N) is 1. The molecule has 0 fully saturated rings. The highest BCUT2D eigenvalue weighted by molar-refractivity contribution is 5.93. The van der Waals surface area contributed by atoms with Crippen molar-refractivity contribution in [2.24, 2.45) is 11.7 Å². The van der Waals surface area contributed by atoms with E-state index >= 15 is 0 Å². The highest BCUT2D eigenvalue weighted by Gasteiger charge is 2.31. The van der Waals surface area contributed by atoms with E-state index in [9.17, 15) is 31.9 Å². The van der Waals surface area contributed by atoms with Gasteiger partial charge in [-0.2, -0.15) is 17.6 Å². The molecular formula is C25H29ClF4N2O6. The standard InChI is InChI=1S/C25H28F4N2O6.ClH/c26-24(27)36-14-18(23(34)35-13-17-9-5-2-6-10-17)12-21(32)20(15-37-25(28)29)31-22(33)19(30)11-16-7-3-1-4-8-16;/h1-10,18-20,24-25H,11-15,30H2,(H,31,33);1H/t18-,19-,20-;/m0./s1. The number of Topliss-reactive ketones (excluding diaryl/α,β-unsaturated/α-hetero) is 1. The van der Waals surface area contributed by atoms with Crippen LogP contribution < -0.4 is 11.1 Å². The SMILES string of the molecule is Cl.N[C@@H](Cc1ccccc1)C(=O)N[C@@H](COC(F)F)C(=O)C[C@@H](COC(F)F)C(=O)OCc1ccccc1. The van der Waals surface area contributed by atoms with E-state index in [-0.39, 0.29) is 25.4 Å². The Balaban J connectivity index is 0.00000722. The number of rotatable bonds is 16. The van der Waals surface area contributed by atoms with Crippen LogP contribution in [-0.2, 0) is 41.6 Å². The fourth-order valence-corrected chi connectivity index (χ4v) is 3.25. The largest absolute Gasteiger partial charge is 0.461 e. The Bertz CT molecular complexity index is 988. The number of esters is 1. The summed E-state index contributed by atoms with van der Waals surface area (Å²) in [5, 5.41) is 2.25. The molecule has 3 atom stereocenters. The number of nitrogens with two attached hydrogens (primary N) is 1. The number of carbonyl (C=O) groups is 3. The van der Waals surface area contributed by atoms with Gasteiger partial charge < -0.3 is 25.3 Å². The van der Waals surface area contributed by atoms with Crippen LogP contribution in [0.2, 0.25) is 0 Å². The third-order valence-corrected chi connectivity index (χ3v) is 5.16. The zero-order chi connectivity index (χ0) is 27.2. The molecule has 210 valence electrons. The lowest BCUT2D eigenvalue weighted by Gasteiger charge is -2.22. The van der Waals surface area contributed by atoms with Crippen molar-refractivity contribution < 1.29 is 46.2 Å². The Morgan fingerprint density at radius 2 is 1.34 bits per heavy atom. The number of hydrogen-bond donors (Lipinski definition) is 2. The lowest BCUT2D eigenvalue weighted by Crippen LogP contribution is -2.51. The Hall–Kier alpha value is -3.06. The fraction of sp³-hybridized carbons (Fsp3) is 0.400. The molecule has 2 aromatic carbocycles. The summed E-state index contributed by atoms with van der Waals surface area (Å²) in [6.45, 7) is -8.47. The van der Waals surface area contributed by atoms with Crippen LogP contribution in [0.25, 0.3) is 0 Å². The van der Waals surface area contributed by atoms with Crippen molar-refractivity contribution in [1.29, 1.82) is 0 Å². The van der Waals surface area contributed by atoms with Gasteiger partial charge >= 0.3 is 19.2 Å². The van der Waals surface area contributed by atoms with E-state index in [1.807, 2.05) is 0 Å². The maximum absolute atomic E-state index is 12.9. The smallest absolute Gasteiger partial charge is 0.345 e. The molecule has 38 heavy (non-hydrogen) atoms. The van der Waals surface area contributed by atoms with Crippen molar-refractivity contribution in [2.45, 2.75) is 44.8 Å². The summed E-state index contributed by atoms with van der Waals surface area (Å²) < 4.78 is 64.1. The fourth-order valence-electron chi connectivity index (χ4n) is 3.25. The molecule has 1 amide bonds. The van der Waals surface area contributed by atoms with Crippen LogP contribution in [0.4, 0.5) is 17.6 Å². The van der Waals surface area contributed by atoms with Crippen LogP contribution >= 0.6 is 12.4 Å². The lowest BCUT2D eigenvalue weighted by atomic mass is 9.98. The average Bonchev–Trinajstić information content (AvgIpc) is 2.88. The zero-order valence-corrected chi connectivity index (χ0v) is 21.0. The predicted molar refractivity (Wildman–Crippen MR) is 131 cm³/mol. The number of hydrogen-bond acceptors (Lipinski definition) is 7. The number of carbonyl (C=O) groups excluding carboxylic acids is 3. The first kappa shape index (κ1) is 33.0. The molecule has 2 rings (SSSR count). The Morgan fingerprint density at radius 1 is 0.816 bits per heavy atom. The number of ether oxygens (including phenoxy) is 3. The monoisotopic (exact) mass is 564 g/mol.